The number of anilines is 3. The van der Waals surface area contributed by atoms with Crippen molar-refractivity contribution in [3.05, 3.63) is 68.2 Å². The number of benzene rings is 3. The Morgan fingerprint density at radius 2 is 0.675 bits per heavy atom. The zero-order valence-electron chi connectivity index (χ0n) is 20.5. The molecular formula is C21H21Cl3N3NiO9S3. The number of nitrogens with two attached hydrogens (primary N) is 3. The molecule has 0 aliphatic heterocycles. The van der Waals surface area contributed by atoms with Crippen molar-refractivity contribution in [1.29, 1.82) is 0 Å². The summed E-state index contributed by atoms with van der Waals surface area (Å²) in [5, 5.41) is 0.410. The van der Waals surface area contributed by atoms with Crippen molar-refractivity contribution < 1.29 is 55.4 Å². The first-order valence-corrected chi connectivity index (χ1v) is 15.4. The predicted molar refractivity (Wildman–Crippen MR) is 146 cm³/mol. The second-order valence-corrected chi connectivity index (χ2v) is 13.1. The van der Waals surface area contributed by atoms with Crippen LogP contribution in [-0.2, 0) is 46.8 Å². The molecule has 0 spiro atoms. The number of hydrogen-bond donors (Lipinski definition) is 3. The fourth-order valence-electron chi connectivity index (χ4n) is 2.80. The Balaban J connectivity index is 0.000000563. The van der Waals surface area contributed by atoms with Crippen LogP contribution in [0.4, 0.5) is 17.1 Å². The Hall–Kier alpha value is -1.85. The van der Waals surface area contributed by atoms with Gasteiger partial charge in [0.2, 0.25) is 0 Å². The van der Waals surface area contributed by atoms with E-state index in [9.17, 15) is 38.9 Å². The third-order valence-corrected chi connectivity index (χ3v) is 8.45. The predicted octanol–water partition coefficient (Wildman–Crippen LogP) is 3.40. The van der Waals surface area contributed by atoms with Gasteiger partial charge in [-0.1, -0.05) is 34.8 Å². The van der Waals surface area contributed by atoms with Gasteiger partial charge in [-0.2, -0.15) is 0 Å². The monoisotopic (exact) mass is 718 g/mol. The molecule has 0 heterocycles. The van der Waals surface area contributed by atoms with Gasteiger partial charge in [-0.25, -0.2) is 25.3 Å². The van der Waals surface area contributed by atoms with Crippen molar-refractivity contribution in [2.75, 3.05) is 17.2 Å². The normalized spacial score (nSPS) is 11.3. The summed E-state index contributed by atoms with van der Waals surface area (Å²) in [6.07, 6.45) is 0. The summed E-state index contributed by atoms with van der Waals surface area (Å²) in [5.41, 5.74) is 17.6. The summed E-state index contributed by atoms with van der Waals surface area (Å²) in [5.74, 6) is 0. The Bertz CT molecular complexity index is 1530. The van der Waals surface area contributed by atoms with Crippen LogP contribution in [0.3, 0.4) is 0 Å². The number of halogens is 3. The molecular weight excluding hydrogens is 699 g/mol. The zero-order chi connectivity index (χ0) is 30.7. The molecule has 3 aromatic carbocycles. The van der Waals surface area contributed by atoms with Crippen LogP contribution in [0.1, 0.15) is 16.7 Å². The molecule has 223 valence electrons. The summed E-state index contributed by atoms with van der Waals surface area (Å²) in [6, 6.07) is 7.46. The molecule has 0 bridgehead atoms. The maximum absolute atomic E-state index is 10.7. The molecule has 0 saturated carbocycles. The van der Waals surface area contributed by atoms with Crippen LogP contribution in [-0.4, -0.2) is 38.9 Å². The van der Waals surface area contributed by atoms with Gasteiger partial charge in [-0.05, 0) is 73.9 Å². The molecule has 0 saturated heterocycles. The average molecular weight is 721 g/mol. The fraction of sp³-hybridized carbons (Fsp3) is 0.143. The molecule has 19 heteroatoms. The molecule has 0 aliphatic carbocycles. The van der Waals surface area contributed by atoms with Crippen molar-refractivity contribution >= 4 is 82.2 Å². The van der Waals surface area contributed by atoms with E-state index in [2.05, 4.69) is 0 Å². The van der Waals surface area contributed by atoms with Crippen LogP contribution in [0.25, 0.3) is 0 Å². The summed E-state index contributed by atoms with van der Waals surface area (Å²) in [7, 11) is -13.5. The largest absolute Gasteiger partial charge is 3.00 e. The third-order valence-electron chi connectivity index (χ3n) is 4.90. The average Bonchev–Trinajstić information content (AvgIpc) is 2.74. The van der Waals surface area contributed by atoms with Gasteiger partial charge in [0.15, 0.2) is 0 Å². The van der Waals surface area contributed by atoms with Crippen molar-refractivity contribution in [2.24, 2.45) is 0 Å². The molecule has 0 aliphatic rings. The van der Waals surface area contributed by atoms with Gasteiger partial charge < -0.3 is 30.9 Å². The van der Waals surface area contributed by atoms with Gasteiger partial charge in [-0.15, -0.1) is 0 Å². The molecule has 0 atom stereocenters. The second kappa shape index (κ2) is 14.4. The molecule has 0 aromatic heterocycles. The van der Waals surface area contributed by atoms with Crippen LogP contribution in [0.5, 0.6) is 0 Å². The van der Waals surface area contributed by atoms with Crippen LogP contribution in [0, 0.1) is 20.8 Å². The fourth-order valence-corrected chi connectivity index (χ4v) is 5.97. The molecule has 40 heavy (non-hydrogen) atoms. The first-order chi connectivity index (χ1) is 17.5. The molecule has 6 N–H and O–H groups in total. The third kappa shape index (κ3) is 10.9. The van der Waals surface area contributed by atoms with Crippen molar-refractivity contribution in [3.8, 4) is 0 Å². The zero-order valence-corrected chi connectivity index (χ0v) is 26.3. The number of nitrogen functional groups attached to an aromatic ring is 3. The maximum Gasteiger partial charge on any atom is 3.00 e. The first kappa shape index (κ1) is 38.2. The van der Waals surface area contributed by atoms with E-state index in [1.54, 1.807) is 0 Å². The molecule has 0 amide bonds. The van der Waals surface area contributed by atoms with Crippen molar-refractivity contribution in [3.63, 3.8) is 0 Å². The van der Waals surface area contributed by atoms with Crippen LogP contribution >= 0.6 is 34.8 Å². The van der Waals surface area contributed by atoms with Gasteiger partial charge in [0, 0.05) is 32.1 Å². The summed E-state index contributed by atoms with van der Waals surface area (Å²) in [6.45, 7) is 4.36. The van der Waals surface area contributed by atoms with Crippen LogP contribution in [0.2, 0.25) is 15.1 Å². The molecule has 0 fully saturated rings. The molecule has 0 unspecified atom stereocenters. The quantitative estimate of drug-likeness (QED) is 0.200. The Morgan fingerprint density at radius 1 is 0.500 bits per heavy atom. The van der Waals surface area contributed by atoms with E-state index in [1.165, 1.54) is 39.0 Å². The maximum atomic E-state index is 10.7. The molecule has 3 aromatic rings. The Labute approximate surface area is 257 Å². The number of hydrogen-bond acceptors (Lipinski definition) is 12. The van der Waals surface area contributed by atoms with Gasteiger partial charge >= 0.3 is 16.5 Å². The summed E-state index contributed by atoms with van der Waals surface area (Å²) < 4.78 is 96.2. The van der Waals surface area contributed by atoms with Gasteiger partial charge in [0.05, 0.1) is 14.7 Å². The van der Waals surface area contributed by atoms with Crippen LogP contribution < -0.4 is 17.2 Å². The Morgan fingerprint density at radius 3 is 0.825 bits per heavy atom. The van der Waals surface area contributed by atoms with E-state index in [4.69, 9.17) is 52.0 Å². The van der Waals surface area contributed by atoms with E-state index >= 15 is 0 Å². The van der Waals surface area contributed by atoms with Crippen molar-refractivity contribution in [2.45, 2.75) is 35.5 Å². The summed E-state index contributed by atoms with van der Waals surface area (Å²) in [4.78, 5) is -1.09. The smallest absolute Gasteiger partial charge is 0.744 e. The van der Waals surface area contributed by atoms with E-state index in [-0.39, 0.29) is 80.0 Å². The summed E-state index contributed by atoms with van der Waals surface area (Å²) >= 11 is 16.6. The Kier molecular flexibility index (Phi) is 13.7. The number of rotatable bonds is 3. The topological polar surface area (TPSA) is 250 Å². The van der Waals surface area contributed by atoms with E-state index < -0.39 is 30.4 Å². The van der Waals surface area contributed by atoms with Crippen LogP contribution in [0.15, 0.2) is 51.1 Å². The minimum atomic E-state index is -4.49. The van der Waals surface area contributed by atoms with E-state index in [1.807, 2.05) is 0 Å². The molecule has 1 radical (unpaired) electrons. The minimum Gasteiger partial charge on any atom is -0.744 e. The van der Waals surface area contributed by atoms with Gasteiger partial charge in [0.25, 0.3) is 0 Å². The van der Waals surface area contributed by atoms with Gasteiger partial charge in [-0.3, -0.25) is 0 Å². The SMILES string of the molecule is Cc1c(N)cc(Cl)cc1S(=O)(=O)[O-].Cc1c(N)cc(Cl)cc1S(=O)(=O)[O-].Cc1c(N)cc(Cl)cc1S(=O)(=O)[O-].[Ni+3]. The van der Waals surface area contributed by atoms with E-state index in [0.717, 1.165) is 18.2 Å². The van der Waals surface area contributed by atoms with Gasteiger partial charge in [0.1, 0.15) is 30.4 Å². The second-order valence-electron chi connectivity index (χ2n) is 7.72. The minimum absolute atomic E-state index is 0. The standard InChI is InChI=1S/3C7H8ClNO3S.Ni/c3*1-4-6(9)2-5(8)3-7(4)13(10,11)12;/h3*2-3H,9H2,1H3,(H,10,11,12);/q;;;+3/p-3. The van der Waals surface area contributed by atoms with E-state index in [0.29, 0.717) is 0 Å². The van der Waals surface area contributed by atoms with Crippen molar-refractivity contribution in [1.82, 2.24) is 0 Å². The molecule has 12 nitrogen and oxygen atoms in total. The first-order valence-electron chi connectivity index (χ1n) is 10.0. The molecule has 3 rings (SSSR count).